The van der Waals surface area contributed by atoms with Gasteiger partial charge in [-0.25, -0.2) is 0 Å². The molecule has 1 aliphatic carbocycles. The summed E-state index contributed by atoms with van der Waals surface area (Å²) in [6.07, 6.45) is 2.61. The quantitative estimate of drug-likeness (QED) is 0.798. The first-order valence-corrected chi connectivity index (χ1v) is 9.58. The zero-order valence-electron chi connectivity index (χ0n) is 15.4. The molecule has 2 aliphatic heterocycles. The van der Waals surface area contributed by atoms with Crippen molar-refractivity contribution in [3.8, 4) is 5.75 Å². The molecule has 4 rings (SSSR count). The minimum atomic E-state index is -0.135. The monoisotopic (exact) mass is 357 g/mol. The van der Waals surface area contributed by atoms with Crippen molar-refractivity contribution in [1.29, 1.82) is 0 Å². The van der Waals surface area contributed by atoms with Gasteiger partial charge in [-0.05, 0) is 18.9 Å². The summed E-state index contributed by atoms with van der Waals surface area (Å²) in [7, 11) is 1.70. The Hall–Kier alpha value is -2.08. The van der Waals surface area contributed by atoms with Gasteiger partial charge in [0.05, 0.1) is 13.0 Å². The molecule has 1 saturated carbocycles. The number of hydrogen-bond donors (Lipinski definition) is 0. The molecule has 6 heteroatoms. The smallest absolute Gasteiger partial charge is 0.228 e. The Morgan fingerprint density at radius 2 is 1.88 bits per heavy atom. The van der Waals surface area contributed by atoms with E-state index in [1.165, 1.54) is 5.56 Å². The van der Waals surface area contributed by atoms with E-state index in [1.807, 2.05) is 28.0 Å². The SMILES string of the molecule is COc1ccccc1CN1CCN(C(=O)[C@H]2CC(=O)N(C3CC3)C2)CC1. The van der Waals surface area contributed by atoms with Crippen molar-refractivity contribution in [2.75, 3.05) is 39.8 Å². The molecule has 1 aromatic carbocycles. The number of likely N-dealkylation sites (tertiary alicyclic amines) is 1. The molecule has 0 aromatic heterocycles. The third-order valence-corrected chi connectivity index (χ3v) is 5.77. The normalized spacial score (nSPS) is 24.2. The van der Waals surface area contributed by atoms with Crippen LogP contribution in [0.15, 0.2) is 24.3 Å². The number of nitrogens with zero attached hydrogens (tertiary/aromatic N) is 3. The van der Waals surface area contributed by atoms with Crippen molar-refractivity contribution in [2.45, 2.75) is 31.8 Å². The lowest BCUT2D eigenvalue weighted by molar-refractivity contribution is -0.137. The van der Waals surface area contributed by atoms with Gasteiger partial charge in [-0.15, -0.1) is 0 Å². The number of amides is 2. The van der Waals surface area contributed by atoms with Crippen molar-refractivity contribution in [3.63, 3.8) is 0 Å². The Bertz CT molecular complexity index is 681. The maximum absolute atomic E-state index is 12.8. The fourth-order valence-corrected chi connectivity index (χ4v) is 4.10. The van der Waals surface area contributed by atoms with Crippen LogP contribution in [0.25, 0.3) is 0 Å². The molecule has 2 amide bonds. The van der Waals surface area contributed by atoms with E-state index >= 15 is 0 Å². The highest BCUT2D eigenvalue weighted by Gasteiger charge is 2.43. The first-order chi connectivity index (χ1) is 12.7. The van der Waals surface area contributed by atoms with Crippen LogP contribution in [0.2, 0.25) is 0 Å². The fraction of sp³-hybridized carbons (Fsp3) is 0.600. The van der Waals surface area contributed by atoms with Crippen molar-refractivity contribution in [2.24, 2.45) is 5.92 Å². The van der Waals surface area contributed by atoms with Crippen molar-refractivity contribution < 1.29 is 14.3 Å². The number of benzene rings is 1. The Morgan fingerprint density at radius 1 is 1.15 bits per heavy atom. The van der Waals surface area contributed by atoms with Crippen LogP contribution in [0.1, 0.15) is 24.8 Å². The maximum Gasteiger partial charge on any atom is 0.228 e. The van der Waals surface area contributed by atoms with Gasteiger partial charge in [0.15, 0.2) is 0 Å². The van der Waals surface area contributed by atoms with Gasteiger partial charge < -0.3 is 14.5 Å². The summed E-state index contributed by atoms with van der Waals surface area (Å²) in [4.78, 5) is 31.2. The standard InChI is InChI=1S/C20H27N3O3/c1-26-18-5-3-2-4-15(18)13-21-8-10-22(11-9-21)20(25)16-12-19(24)23(14-16)17-6-7-17/h2-5,16-17H,6-14H2,1H3/t16-/m0/s1. The number of para-hydroxylation sites is 1. The molecule has 0 N–H and O–H groups in total. The van der Waals surface area contributed by atoms with Crippen LogP contribution in [0, 0.1) is 5.92 Å². The molecule has 6 nitrogen and oxygen atoms in total. The minimum absolute atomic E-state index is 0.135. The summed E-state index contributed by atoms with van der Waals surface area (Å²) < 4.78 is 5.43. The molecule has 2 heterocycles. The fourth-order valence-electron chi connectivity index (χ4n) is 4.10. The molecule has 3 fully saturated rings. The Labute approximate surface area is 154 Å². The van der Waals surface area contributed by atoms with Crippen LogP contribution in [0.3, 0.4) is 0 Å². The van der Waals surface area contributed by atoms with Crippen LogP contribution in [-0.4, -0.2) is 72.4 Å². The molecule has 1 aromatic rings. The summed E-state index contributed by atoms with van der Waals surface area (Å²) in [6.45, 7) is 4.66. The zero-order valence-corrected chi connectivity index (χ0v) is 15.4. The lowest BCUT2D eigenvalue weighted by Crippen LogP contribution is -2.50. The lowest BCUT2D eigenvalue weighted by Gasteiger charge is -2.36. The van der Waals surface area contributed by atoms with Crippen LogP contribution < -0.4 is 4.74 Å². The van der Waals surface area contributed by atoms with E-state index in [0.717, 1.165) is 51.3 Å². The molecule has 140 valence electrons. The molecule has 3 aliphatic rings. The Balaban J connectivity index is 1.29. The second kappa shape index (κ2) is 7.27. The predicted molar refractivity (Wildman–Crippen MR) is 97.7 cm³/mol. The summed E-state index contributed by atoms with van der Waals surface area (Å²) >= 11 is 0. The maximum atomic E-state index is 12.8. The van der Waals surface area contributed by atoms with E-state index < -0.39 is 0 Å². The van der Waals surface area contributed by atoms with Gasteiger partial charge in [0.2, 0.25) is 11.8 Å². The Kier molecular flexibility index (Phi) is 4.85. The number of carbonyl (C=O) groups is 2. The summed E-state index contributed by atoms with van der Waals surface area (Å²) in [6, 6.07) is 8.50. The molecule has 0 radical (unpaired) electrons. The third-order valence-electron chi connectivity index (χ3n) is 5.77. The lowest BCUT2D eigenvalue weighted by atomic mass is 10.1. The first-order valence-electron chi connectivity index (χ1n) is 9.58. The van der Waals surface area contributed by atoms with Gasteiger partial charge in [0, 0.05) is 57.3 Å². The van der Waals surface area contributed by atoms with Gasteiger partial charge in [0.1, 0.15) is 5.75 Å². The highest BCUT2D eigenvalue weighted by Crippen LogP contribution is 2.33. The van der Waals surface area contributed by atoms with E-state index in [1.54, 1.807) is 7.11 Å². The van der Waals surface area contributed by atoms with Crippen LogP contribution in [-0.2, 0) is 16.1 Å². The number of rotatable bonds is 5. The predicted octanol–water partition coefficient (Wildman–Crippen LogP) is 1.35. The second-order valence-electron chi connectivity index (χ2n) is 7.59. The Morgan fingerprint density at radius 3 is 2.58 bits per heavy atom. The van der Waals surface area contributed by atoms with Gasteiger partial charge in [-0.3, -0.25) is 14.5 Å². The van der Waals surface area contributed by atoms with E-state index in [-0.39, 0.29) is 17.7 Å². The number of methoxy groups -OCH3 is 1. The molecule has 26 heavy (non-hydrogen) atoms. The largest absolute Gasteiger partial charge is 0.496 e. The average Bonchev–Trinajstić information content (AvgIpc) is 3.44. The van der Waals surface area contributed by atoms with Crippen molar-refractivity contribution >= 4 is 11.8 Å². The van der Waals surface area contributed by atoms with Crippen molar-refractivity contribution in [1.82, 2.24) is 14.7 Å². The van der Waals surface area contributed by atoms with E-state index in [2.05, 4.69) is 11.0 Å². The molecule has 2 saturated heterocycles. The summed E-state index contributed by atoms with van der Waals surface area (Å²) in [5.74, 6) is 1.11. The minimum Gasteiger partial charge on any atom is -0.496 e. The second-order valence-corrected chi connectivity index (χ2v) is 7.59. The van der Waals surface area contributed by atoms with Gasteiger partial charge in [-0.2, -0.15) is 0 Å². The van der Waals surface area contributed by atoms with Crippen LogP contribution in [0.4, 0.5) is 0 Å². The summed E-state index contributed by atoms with van der Waals surface area (Å²) in [5, 5.41) is 0. The highest BCUT2D eigenvalue weighted by molar-refractivity contribution is 5.89. The number of ether oxygens (including phenoxy) is 1. The van der Waals surface area contributed by atoms with E-state index in [4.69, 9.17) is 4.74 Å². The van der Waals surface area contributed by atoms with Crippen LogP contribution >= 0.6 is 0 Å². The average molecular weight is 357 g/mol. The van der Waals surface area contributed by atoms with Crippen LogP contribution in [0.5, 0.6) is 5.75 Å². The van der Waals surface area contributed by atoms with Gasteiger partial charge in [0.25, 0.3) is 0 Å². The zero-order chi connectivity index (χ0) is 18.1. The highest BCUT2D eigenvalue weighted by atomic mass is 16.5. The molecule has 0 bridgehead atoms. The van der Waals surface area contributed by atoms with Gasteiger partial charge in [-0.1, -0.05) is 18.2 Å². The first kappa shape index (κ1) is 17.3. The number of carbonyl (C=O) groups excluding carboxylic acids is 2. The molecular weight excluding hydrogens is 330 g/mol. The van der Waals surface area contributed by atoms with Crippen molar-refractivity contribution in [3.05, 3.63) is 29.8 Å². The molecular formula is C20H27N3O3. The molecule has 0 unspecified atom stereocenters. The molecule has 1 atom stereocenters. The van der Waals surface area contributed by atoms with E-state index in [9.17, 15) is 9.59 Å². The number of piperazine rings is 1. The summed E-state index contributed by atoms with van der Waals surface area (Å²) in [5.41, 5.74) is 1.18. The van der Waals surface area contributed by atoms with E-state index in [0.29, 0.717) is 19.0 Å². The topological polar surface area (TPSA) is 53.1 Å². The molecule has 0 spiro atoms. The van der Waals surface area contributed by atoms with Gasteiger partial charge >= 0.3 is 0 Å². The number of hydrogen-bond acceptors (Lipinski definition) is 4. The third kappa shape index (κ3) is 3.56.